The molecule has 1 aliphatic rings. The highest BCUT2D eigenvalue weighted by molar-refractivity contribution is 6.31. The van der Waals surface area contributed by atoms with E-state index in [2.05, 4.69) is 5.32 Å². The number of urea groups is 1. The van der Waals surface area contributed by atoms with Gasteiger partial charge in [-0.2, -0.15) is 0 Å². The smallest absolute Gasteiger partial charge is 0.322 e. The Morgan fingerprint density at radius 2 is 2.03 bits per heavy atom. The van der Waals surface area contributed by atoms with Gasteiger partial charge in [-0.15, -0.1) is 0 Å². The molecule has 30 heavy (non-hydrogen) atoms. The molecule has 0 spiro atoms. The summed E-state index contributed by atoms with van der Waals surface area (Å²) in [4.78, 5) is 29.8. The van der Waals surface area contributed by atoms with Gasteiger partial charge in [0.1, 0.15) is 6.54 Å². The summed E-state index contributed by atoms with van der Waals surface area (Å²) in [5.41, 5.74) is 2.66. The number of amides is 3. The third kappa shape index (κ3) is 5.36. The summed E-state index contributed by atoms with van der Waals surface area (Å²) in [6, 6.07) is 9.35. The van der Waals surface area contributed by atoms with Crippen molar-refractivity contribution in [3.05, 3.63) is 52.8 Å². The topological polar surface area (TPSA) is 57.6 Å². The van der Waals surface area contributed by atoms with E-state index in [9.17, 15) is 9.59 Å². The predicted molar refractivity (Wildman–Crippen MR) is 121 cm³/mol. The summed E-state index contributed by atoms with van der Waals surface area (Å²) in [6.45, 7) is 6.52. The molecule has 1 saturated carbocycles. The van der Waals surface area contributed by atoms with Crippen LogP contribution in [0.15, 0.2) is 36.5 Å². The van der Waals surface area contributed by atoms with Crippen LogP contribution in [0.5, 0.6) is 0 Å². The maximum atomic E-state index is 13.2. The lowest BCUT2D eigenvalue weighted by atomic mass is 10.2. The third-order valence-corrected chi connectivity index (χ3v) is 6.21. The molecule has 7 heteroatoms. The van der Waals surface area contributed by atoms with E-state index in [0.717, 1.165) is 30.5 Å². The van der Waals surface area contributed by atoms with Crippen molar-refractivity contribution >= 4 is 29.2 Å². The molecular weight excluding hydrogens is 400 g/mol. The van der Waals surface area contributed by atoms with E-state index in [0.29, 0.717) is 17.3 Å². The standard InChI is InChI=1S/C23H31ClN4O2/c1-5-17(3)27(23(30)25-18-9-8-16(2)21(24)13-18)15-22(29)28(19-10-11-19)14-20-7-6-12-26(20)4/h6-9,12-13,17,19H,5,10-11,14-15H2,1-4H3,(H,25,30)/t17-/m1/s1. The summed E-state index contributed by atoms with van der Waals surface area (Å²) < 4.78 is 2.03. The molecule has 3 amide bonds. The number of halogens is 1. The molecule has 1 aliphatic carbocycles. The molecule has 2 aromatic rings. The van der Waals surface area contributed by atoms with Gasteiger partial charge in [-0.3, -0.25) is 4.79 Å². The zero-order valence-corrected chi connectivity index (χ0v) is 18.9. The second-order valence-electron chi connectivity index (χ2n) is 8.14. The van der Waals surface area contributed by atoms with E-state index < -0.39 is 0 Å². The molecule has 0 aliphatic heterocycles. The number of benzene rings is 1. The monoisotopic (exact) mass is 430 g/mol. The summed E-state index contributed by atoms with van der Waals surface area (Å²) in [7, 11) is 1.98. The first kappa shape index (κ1) is 22.2. The molecular formula is C23H31ClN4O2. The van der Waals surface area contributed by atoms with Gasteiger partial charge in [-0.1, -0.05) is 24.6 Å². The Bertz CT molecular complexity index is 906. The largest absolute Gasteiger partial charge is 0.353 e. The van der Waals surface area contributed by atoms with E-state index in [4.69, 9.17) is 11.6 Å². The van der Waals surface area contributed by atoms with Crippen LogP contribution in [0.4, 0.5) is 10.5 Å². The highest BCUT2D eigenvalue weighted by atomic mass is 35.5. The number of aromatic nitrogens is 1. The number of carbonyl (C=O) groups excluding carboxylic acids is 2. The van der Waals surface area contributed by atoms with Gasteiger partial charge >= 0.3 is 6.03 Å². The average Bonchev–Trinajstić information content (AvgIpc) is 3.48. The van der Waals surface area contributed by atoms with Gasteiger partial charge in [0.05, 0.1) is 6.54 Å². The summed E-state index contributed by atoms with van der Waals surface area (Å²) in [5, 5.41) is 3.50. The van der Waals surface area contributed by atoms with Gasteiger partial charge in [0.2, 0.25) is 5.91 Å². The molecule has 1 fully saturated rings. The molecule has 0 bridgehead atoms. The molecule has 0 unspecified atom stereocenters. The minimum atomic E-state index is -0.285. The molecule has 3 rings (SSSR count). The molecule has 1 N–H and O–H groups in total. The Hall–Kier alpha value is -2.47. The van der Waals surface area contributed by atoms with Crippen LogP contribution in [0.2, 0.25) is 5.02 Å². The molecule has 1 heterocycles. The number of hydrogen-bond acceptors (Lipinski definition) is 2. The van der Waals surface area contributed by atoms with Crippen molar-refractivity contribution in [3.63, 3.8) is 0 Å². The van der Waals surface area contributed by atoms with Crippen molar-refractivity contribution in [2.45, 2.75) is 58.7 Å². The fourth-order valence-electron chi connectivity index (χ4n) is 3.39. The first-order chi connectivity index (χ1) is 14.3. The summed E-state index contributed by atoms with van der Waals surface area (Å²) in [6.07, 6.45) is 4.79. The summed E-state index contributed by atoms with van der Waals surface area (Å²) >= 11 is 6.19. The third-order valence-electron chi connectivity index (χ3n) is 5.80. The number of carbonyl (C=O) groups is 2. The van der Waals surface area contributed by atoms with Crippen LogP contribution in [0.25, 0.3) is 0 Å². The van der Waals surface area contributed by atoms with Gasteiger partial charge in [0, 0.05) is 41.7 Å². The Morgan fingerprint density at radius 1 is 1.30 bits per heavy atom. The maximum Gasteiger partial charge on any atom is 0.322 e. The fourth-order valence-corrected chi connectivity index (χ4v) is 3.57. The lowest BCUT2D eigenvalue weighted by Gasteiger charge is -2.31. The lowest BCUT2D eigenvalue weighted by Crippen LogP contribution is -2.48. The number of hydrogen-bond donors (Lipinski definition) is 1. The summed E-state index contributed by atoms with van der Waals surface area (Å²) in [5.74, 6) is -0.0175. The Balaban J connectivity index is 1.72. The van der Waals surface area contributed by atoms with Gasteiger partial charge < -0.3 is 19.7 Å². The predicted octanol–water partition coefficient (Wildman–Crippen LogP) is 4.81. The highest BCUT2D eigenvalue weighted by Crippen LogP contribution is 2.29. The second kappa shape index (κ2) is 9.56. The fraction of sp³-hybridized carbons (Fsp3) is 0.478. The van der Waals surface area contributed by atoms with Crippen molar-refractivity contribution in [1.82, 2.24) is 14.4 Å². The zero-order valence-electron chi connectivity index (χ0n) is 18.2. The van der Waals surface area contributed by atoms with E-state index in [1.807, 2.05) is 67.7 Å². The van der Waals surface area contributed by atoms with Crippen molar-refractivity contribution < 1.29 is 9.59 Å². The van der Waals surface area contributed by atoms with Crippen LogP contribution in [0, 0.1) is 6.92 Å². The maximum absolute atomic E-state index is 13.2. The Labute approximate surface area is 183 Å². The normalized spacial score (nSPS) is 14.3. The Kier molecular flexibility index (Phi) is 7.08. The molecule has 1 aromatic carbocycles. The van der Waals surface area contributed by atoms with E-state index in [1.165, 1.54) is 0 Å². The van der Waals surface area contributed by atoms with E-state index in [1.54, 1.807) is 11.0 Å². The minimum absolute atomic E-state index is 0.0175. The minimum Gasteiger partial charge on any atom is -0.353 e. The van der Waals surface area contributed by atoms with Crippen LogP contribution in [-0.4, -0.2) is 44.9 Å². The average molecular weight is 431 g/mol. The van der Waals surface area contributed by atoms with Crippen molar-refractivity contribution in [3.8, 4) is 0 Å². The van der Waals surface area contributed by atoms with Crippen molar-refractivity contribution in [2.24, 2.45) is 7.05 Å². The number of nitrogens with zero attached hydrogens (tertiary/aromatic N) is 3. The molecule has 1 atom stereocenters. The van der Waals surface area contributed by atoms with Gasteiger partial charge in [-0.25, -0.2) is 4.79 Å². The second-order valence-corrected chi connectivity index (χ2v) is 8.55. The van der Waals surface area contributed by atoms with E-state index >= 15 is 0 Å². The van der Waals surface area contributed by atoms with Crippen LogP contribution in [-0.2, 0) is 18.4 Å². The van der Waals surface area contributed by atoms with Crippen molar-refractivity contribution in [2.75, 3.05) is 11.9 Å². The number of anilines is 1. The SMILES string of the molecule is CC[C@@H](C)N(CC(=O)N(Cc1cccn1C)C1CC1)C(=O)Nc1ccc(C)c(Cl)c1. The molecule has 162 valence electrons. The number of aryl methyl sites for hydroxylation is 2. The highest BCUT2D eigenvalue weighted by Gasteiger charge is 2.34. The first-order valence-corrected chi connectivity index (χ1v) is 10.9. The quantitative estimate of drug-likeness (QED) is 0.653. The lowest BCUT2D eigenvalue weighted by molar-refractivity contribution is -0.133. The number of rotatable bonds is 8. The van der Waals surface area contributed by atoms with Crippen LogP contribution >= 0.6 is 11.6 Å². The van der Waals surface area contributed by atoms with Crippen molar-refractivity contribution in [1.29, 1.82) is 0 Å². The van der Waals surface area contributed by atoms with Crippen LogP contribution < -0.4 is 5.32 Å². The van der Waals surface area contributed by atoms with Crippen LogP contribution in [0.1, 0.15) is 44.4 Å². The van der Waals surface area contributed by atoms with Crippen LogP contribution in [0.3, 0.4) is 0 Å². The molecule has 0 radical (unpaired) electrons. The van der Waals surface area contributed by atoms with Gasteiger partial charge in [-0.05, 0) is 62.9 Å². The van der Waals surface area contributed by atoms with Gasteiger partial charge in [0.25, 0.3) is 0 Å². The van der Waals surface area contributed by atoms with E-state index in [-0.39, 0.29) is 30.6 Å². The molecule has 6 nitrogen and oxygen atoms in total. The zero-order chi connectivity index (χ0) is 21.8. The Morgan fingerprint density at radius 3 is 2.60 bits per heavy atom. The number of nitrogens with one attached hydrogen (secondary N) is 1. The molecule has 0 saturated heterocycles. The first-order valence-electron chi connectivity index (χ1n) is 10.5. The van der Waals surface area contributed by atoms with Gasteiger partial charge in [0.15, 0.2) is 0 Å². The molecule has 1 aromatic heterocycles.